The maximum absolute atomic E-state index is 11.0. The summed E-state index contributed by atoms with van der Waals surface area (Å²) < 4.78 is 4.65. The number of rotatable bonds is 5. The van der Waals surface area contributed by atoms with Crippen molar-refractivity contribution < 1.29 is 19.7 Å². The second-order valence-corrected chi connectivity index (χ2v) is 3.05. The predicted octanol–water partition coefficient (Wildman–Crippen LogP) is -0.243. The van der Waals surface area contributed by atoms with Gasteiger partial charge < -0.3 is 14.9 Å². The van der Waals surface area contributed by atoms with E-state index in [1.165, 1.54) is 12.4 Å². The van der Waals surface area contributed by atoms with Crippen molar-refractivity contribution in [3.05, 3.63) is 18.0 Å². The minimum absolute atomic E-state index is 0.236. The highest BCUT2D eigenvalue weighted by molar-refractivity contribution is 5.70. The summed E-state index contributed by atoms with van der Waals surface area (Å²) in [5.41, 5.74) is 0.437. The average Bonchev–Trinajstić information content (AvgIpc) is 2.69. The summed E-state index contributed by atoms with van der Waals surface area (Å²) in [7, 11) is 0. The lowest BCUT2D eigenvalue weighted by Crippen LogP contribution is -2.22. The number of hydrogen-bond donors (Lipinski definition) is 3. The largest absolute Gasteiger partial charge is 0.466 e. The van der Waals surface area contributed by atoms with Crippen molar-refractivity contribution in [2.45, 2.75) is 25.6 Å². The second-order valence-electron chi connectivity index (χ2n) is 3.05. The van der Waals surface area contributed by atoms with Gasteiger partial charge in [-0.25, -0.2) is 0 Å². The fourth-order valence-electron chi connectivity index (χ4n) is 1.15. The molecule has 0 aromatic carbocycles. The number of aliphatic hydroxyl groups excluding tert-OH is 2. The minimum atomic E-state index is -1.18. The summed E-state index contributed by atoms with van der Waals surface area (Å²) in [6.07, 6.45) is 0.299. The van der Waals surface area contributed by atoms with Gasteiger partial charge in [-0.1, -0.05) is 0 Å². The fraction of sp³-hybridized carbons (Fsp3) is 0.556. The average molecular weight is 214 g/mol. The Kier molecular flexibility index (Phi) is 4.26. The van der Waals surface area contributed by atoms with Crippen LogP contribution in [0.4, 0.5) is 0 Å². The van der Waals surface area contributed by atoms with Crippen molar-refractivity contribution in [1.29, 1.82) is 0 Å². The van der Waals surface area contributed by atoms with Crippen LogP contribution in [0.5, 0.6) is 0 Å². The molecule has 6 nitrogen and oxygen atoms in total. The van der Waals surface area contributed by atoms with E-state index in [1.54, 1.807) is 6.92 Å². The summed E-state index contributed by atoms with van der Waals surface area (Å²) in [6.45, 7) is 1.93. The Balaban J connectivity index is 2.46. The molecule has 0 radical (unpaired) electrons. The summed E-state index contributed by atoms with van der Waals surface area (Å²) in [4.78, 5) is 11.0. The Bertz CT molecular complexity index is 299. The van der Waals surface area contributed by atoms with Crippen LogP contribution in [0.3, 0.4) is 0 Å². The molecule has 0 saturated heterocycles. The standard InChI is InChI=1S/C9H14N2O4/c1-2-15-8(13)3-7(12)9(14)6-4-10-11-5-6/h4-5,7,9,12,14H,2-3H2,1H3,(H,10,11). The van der Waals surface area contributed by atoms with Crippen LogP contribution in [0.15, 0.2) is 12.4 Å². The van der Waals surface area contributed by atoms with Gasteiger partial charge in [0, 0.05) is 11.8 Å². The van der Waals surface area contributed by atoms with E-state index in [4.69, 9.17) is 0 Å². The smallest absolute Gasteiger partial charge is 0.308 e. The number of hydrogen-bond acceptors (Lipinski definition) is 5. The third kappa shape index (κ3) is 3.34. The van der Waals surface area contributed by atoms with Gasteiger partial charge in [-0.2, -0.15) is 5.10 Å². The molecule has 0 bridgehead atoms. The van der Waals surface area contributed by atoms with Crippen molar-refractivity contribution >= 4 is 5.97 Å². The molecule has 0 spiro atoms. The molecule has 1 aromatic heterocycles. The monoisotopic (exact) mass is 214 g/mol. The molecule has 6 heteroatoms. The van der Waals surface area contributed by atoms with E-state index >= 15 is 0 Å². The number of esters is 1. The van der Waals surface area contributed by atoms with Crippen LogP contribution in [-0.2, 0) is 9.53 Å². The molecule has 0 aliphatic carbocycles. The van der Waals surface area contributed by atoms with Gasteiger partial charge in [0.2, 0.25) is 0 Å². The number of carbonyl (C=O) groups is 1. The number of aromatic amines is 1. The van der Waals surface area contributed by atoms with Crippen molar-refractivity contribution in [2.75, 3.05) is 6.61 Å². The van der Waals surface area contributed by atoms with E-state index < -0.39 is 18.2 Å². The highest BCUT2D eigenvalue weighted by atomic mass is 16.5. The lowest BCUT2D eigenvalue weighted by atomic mass is 10.1. The molecule has 1 heterocycles. The first-order chi connectivity index (χ1) is 7.15. The Morgan fingerprint density at radius 3 is 2.93 bits per heavy atom. The molecule has 0 amide bonds. The molecular formula is C9H14N2O4. The van der Waals surface area contributed by atoms with Gasteiger partial charge in [0.05, 0.1) is 25.3 Å². The van der Waals surface area contributed by atoms with Crippen molar-refractivity contribution in [2.24, 2.45) is 0 Å². The molecule has 15 heavy (non-hydrogen) atoms. The van der Waals surface area contributed by atoms with Crippen molar-refractivity contribution in [3.8, 4) is 0 Å². The van der Waals surface area contributed by atoms with E-state index in [2.05, 4.69) is 14.9 Å². The van der Waals surface area contributed by atoms with Crippen molar-refractivity contribution in [1.82, 2.24) is 10.2 Å². The number of carbonyl (C=O) groups excluding carboxylic acids is 1. The van der Waals surface area contributed by atoms with E-state index in [0.717, 1.165) is 0 Å². The molecule has 0 saturated carbocycles. The molecule has 3 N–H and O–H groups in total. The number of nitrogens with zero attached hydrogens (tertiary/aromatic N) is 1. The second kappa shape index (κ2) is 5.47. The summed E-state index contributed by atoms with van der Waals surface area (Å²) >= 11 is 0. The van der Waals surface area contributed by atoms with Crippen LogP contribution in [-0.4, -0.2) is 39.1 Å². The Labute approximate surface area is 86.9 Å². The van der Waals surface area contributed by atoms with E-state index in [1.807, 2.05) is 0 Å². The lowest BCUT2D eigenvalue weighted by Gasteiger charge is -2.15. The molecule has 1 rings (SSSR count). The summed E-state index contributed by atoms with van der Waals surface area (Å²) in [6, 6.07) is 0. The number of H-pyrrole nitrogens is 1. The Hall–Kier alpha value is -1.40. The quantitative estimate of drug-likeness (QED) is 0.588. The SMILES string of the molecule is CCOC(=O)CC(O)C(O)c1cn[nH]c1. The topological polar surface area (TPSA) is 95.4 Å². The Morgan fingerprint density at radius 2 is 2.40 bits per heavy atom. The van der Waals surface area contributed by atoms with Crippen LogP contribution in [0, 0.1) is 0 Å². The zero-order chi connectivity index (χ0) is 11.3. The third-order valence-electron chi connectivity index (χ3n) is 1.91. The van der Waals surface area contributed by atoms with Crippen molar-refractivity contribution in [3.63, 3.8) is 0 Å². The van der Waals surface area contributed by atoms with Gasteiger partial charge in [-0.05, 0) is 6.92 Å². The van der Waals surface area contributed by atoms with E-state index in [0.29, 0.717) is 5.56 Å². The maximum atomic E-state index is 11.0. The first-order valence-corrected chi connectivity index (χ1v) is 4.65. The molecule has 1 aromatic rings. The predicted molar refractivity (Wildman–Crippen MR) is 50.8 cm³/mol. The first kappa shape index (κ1) is 11.7. The highest BCUT2D eigenvalue weighted by Crippen LogP contribution is 2.17. The van der Waals surface area contributed by atoms with Crippen LogP contribution in [0.1, 0.15) is 25.0 Å². The zero-order valence-corrected chi connectivity index (χ0v) is 8.38. The summed E-state index contributed by atoms with van der Waals surface area (Å²) in [5, 5.41) is 25.2. The fourth-order valence-corrected chi connectivity index (χ4v) is 1.15. The molecular weight excluding hydrogens is 200 g/mol. The van der Waals surface area contributed by atoms with Gasteiger partial charge in [0.15, 0.2) is 0 Å². The van der Waals surface area contributed by atoms with Crippen LogP contribution < -0.4 is 0 Å². The van der Waals surface area contributed by atoms with Gasteiger partial charge in [-0.3, -0.25) is 9.89 Å². The Morgan fingerprint density at radius 1 is 1.67 bits per heavy atom. The highest BCUT2D eigenvalue weighted by Gasteiger charge is 2.22. The number of ether oxygens (including phenoxy) is 1. The number of nitrogens with one attached hydrogen (secondary N) is 1. The number of aliphatic hydroxyl groups is 2. The normalized spacial score (nSPS) is 14.6. The molecule has 0 fully saturated rings. The molecule has 2 atom stereocenters. The van der Waals surface area contributed by atoms with E-state index in [-0.39, 0.29) is 13.0 Å². The zero-order valence-electron chi connectivity index (χ0n) is 8.38. The molecule has 0 aliphatic heterocycles. The van der Waals surface area contributed by atoms with Gasteiger partial charge in [-0.15, -0.1) is 0 Å². The summed E-state index contributed by atoms with van der Waals surface area (Å²) in [5.74, 6) is -0.535. The molecule has 84 valence electrons. The maximum Gasteiger partial charge on any atom is 0.308 e. The van der Waals surface area contributed by atoms with Crippen LogP contribution in [0.25, 0.3) is 0 Å². The van der Waals surface area contributed by atoms with E-state index in [9.17, 15) is 15.0 Å². The first-order valence-electron chi connectivity index (χ1n) is 4.65. The number of aromatic nitrogens is 2. The van der Waals surface area contributed by atoms with Gasteiger partial charge >= 0.3 is 5.97 Å². The lowest BCUT2D eigenvalue weighted by molar-refractivity contribution is -0.147. The van der Waals surface area contributed by atoms with Crippen LogP contribution in [0.2, 0.25) is 0 Å². The third-order valence-corrected chi connectivity index (χ3v) is 1.91. The van der Waals surface area contributed by atoms with Gasteiger partial charge in [0.1, 0.15) is 6.10 Å². The minimum Gasteiger partial charge on any atom is -0.466 e. The van der Waals surface area contributed by atoms with Gasteiger partial charge in [0.25, 0.3) is 0 Å². The molecule has 2 unspecified atom stereocenters. The van der Waals surface area contributed by atoms with Crippen LogP contribution >= 0.6 is 0 Å². The molecule has 0 aliphatic rings.